The third-order valence-electron chi connectivity index (χ3n) is 3.89. The standard InChI is InChI=1S/C15H20ClNO2/c1-2-13(7-10-18)17-14(19)15(8-9-15)11-3-5-12(16)6-4-11/h3-6,13,18H,2,7-10H2,1H3,(H,17,19). The van der Waals surface area contributed by atoms with Crippen molar-refractivity contribution in [2.24, 2.45) is 0 Å². The molecule has 1 aliphatic rings. The van der Waals surface area contributed by atoms with Crippen LogP contribution in [0.25, 0.3) is 0 Å². The normalized spacial score (nSPS) is 17.8. The molecule has 4 heteroatoms. The van der Waals surface area contributed by atoms with Crippen molar-refractivity contribution in [1.82, 2.24) is 5.32 Å². The number of aliphatic hydroxyl groups excluding tert-OH is 1. The fourth-order valence-corrected chi connectivity index (χ4v) is 2.52. The summed E-state index contributed by atoms with van der Waals surface area (Å²) in [6.45, 7) is 2.12. The van der Waals surface area contributed by atoms with Crippen LogP contribution in [-0.4, -0.2) is 23.7 Å². The Balaban J connectivity index is 2.07. The van der Waals surface area contributed by atoms with Gasteiger partial charge in [-0.15, -0.1) is 0 Å². The Morgan fingerprint density at radius 1 is 1.42 bits per heavy atom. The number of hydrogen-bond donors (Lipinski definition) is 2. The van der Waals surface area contributed by atoms with Crippen molar-refractivity contribution in [2.75, 3.05) is 6.61 Å². The van der Waals surface area contributed by atoms with E-state index in [1.165, 1.54) is 0 Å². The van der Waals surface area contributed by atoms with Crippen LogP contribution in [0.3, 0.4) is 0 Å². The SMILES string of the molecule is CCC(CCO)NC(=O)C1(c2ccc(Cl)cc2)CC1. The first kappa shape index (κ1) is 14.4. The maximum absolute atomic E-state index is 12.4. The van der Waals surface area contributed by atoms with Gasteiger partial charge in [-0.05, 0) is 43.4 Å². The number of carbonyl (C=O) groups excluding carboxylic acids is 1. The van der Waals surface area contributed by atoms with Crippen LogP contribution in [-0.2, 0) is 10.2 Å². The topological polar surface area (TPSA) is 49.3 Å². The summed E-state index contributed by atoms with van der Waals surface area (Å²) < 4.78 is 0. The number of halogens is 1. The van der Waals surface area contributed by atoms with Crippen LogP contribution in [0.15, 0.2) is 24.3 Å². The molecular weight excluding hydrogens is 262 g/mol. The van der Waals surface area contributed by atoms with Gasteiger partial charge in [0.05, 0.1) is 5.41 Å². The second kappa shape index (κ2) is 5.93. The summed E-state index contributed by atoms with van der Waals surface area (Å²) >= 11 is 5.88. The maximum atomic E-state index is 12.4. The minimum Gasteiger partial charge on any atom is -0.396 e. The molecule has 19 heavy (non-hydrogen) atoms. The van der Waals surface area contributed by atoms with Gasteiger partial charge in [0.2, 0.25) is 5.91 Å². The largest absolute Gasteiger partial charge is 0.396 e. The number of hydrogen-bond acceptors (Lipinski definition) is 2. The van der Waals surface area contributed by atoms with E-state index in [1.807, 2.05) is 31.2 Å². The van der Waals surface area contributed by atoms with Gasteiger partial charge in [-0.2, -0.15) is 0 Å². The second-order valence-corrected chi connectivity index (χ2v) is 5.62. The van der Waals surface area contributed by atoms with Gasteiger partial charge < -0.3 is 10.4 Å². The number of carbonyl (C=O) groups is 1. The lowest BCUT2D eigenvalue weighted by atomic mass is 9.94. The van der Waals surface area contributed by atoms with Crippen molar-refractivity contribution in [1.29, 1.82) is 0 Å². The quantitative estimate of drug-likeness (QED) is 0.842. The van der Waals surface area contributed by atoms with Crippen LogP contribution in [0.5, 0.6) is 0 Å². The van der Waals surface area contributed by atoms with Crippen LogP contribution in [0.4, 0.5) is 0 Å². The summed E-state index contributed by atoms with van der Waals surface area (Å²) in [4.78, 5) is 12.4. The van der Waals surface area contributed by atoms with E-state index in [9.17, 15) is 4.79 Å². The molecular formula is C15H20ClNO2. The van der Waals surface area contributed by atoms with E-state index in [1.54, 1.807) is 0 Å². The molecule has 1 saturated carbocycles. The Bertz CT molecular complexity index is 440. The van der Waals surface area contributed by atoms with E-state index >= 15 is 0 Å². The van der Waals surface area contributed by atoms with Crippen molar-refractivity contribution in [3.63, 3.8) is 0 Å². The van der Waals surface area contributed by atoms with Gasteiger partial charge in [0, 0.05) is 17.7 Å². The molecule has 1 unspecified atom stereocenters. The Hall–Kier alpha value is -1.06. The van der Waals surface area contributed by atoms with Crippen LogP contribution in [0.2, 0.25) is 5.02 Å². The molecule has 1 aromatic rings. The molecule has 0 spiro atoms. The van der Waals surface area contributed by atoms with Gasteiger partial charge >= 0.3 is 0 Å². The zero-order chi connectivity index (χ0) is 13.9. The third-order valence-corrected chi connectivity index (χ3v) is 4.14. The van der Waals surface area contributed by atoms with Gasteiger partial charge in [-0.1, -0.05) is 30.7 Å². The molecule has 0 bridgehead atoms. The number of amides is 1. The van der Waals surface area contributed by atoms with Crippen LogP contribution >= 0.6 is 11.6 Å². The van der Waals surface area contributed by atoms with E-state index in [0.29, 0.717) is 11.4 Å². The molecule has 3 nitrogen and oxygen atoms in total. The summed E-state index contributed by atoms with van der Waals surface area (Å²) in [5, 5.41) is 12.7. The lowest BCUT2D eigenvalue weighted by Crippen LogP contribution is -2.41. The summed E-state index contributed by atoms with van der Waals surface area (Å²) in [7, 11) is 0. The molecule has 1 aromatic carbocycles. The van der Waals surface area contributed by atoms with Crippen molar-refractivity contribution < 1.29 is 9.90 Å². The lowest BCUT2D eigenvalue weighted by molar-refractivity contribution is -0.124. The molecule has 1 amide bonds. The van der Waals surface area contributed by atoms with Gasteiger partial charge in [-0.25, -0.2) is 0 Å². The zero-order valence-corrected chi connectivity index (χ0v) is 11.9. The molecule has 2 rings (SSSR count). The third kappa shape index (κ3) is 3.10. The molecule has 2 N–H and O–H groups in total. The monoisotopic (exact) mass is 281 g/mol. The number of nitrogens with one attached hydrogen (secondary N) is 1. The van der Waals surface area contributed by atoms with E-state index in [-0.39, 0.29) is 24.0 Å². The first-order valence-electron chi connectivity index (χ1n) is 6.80. The molecule has 1 aliphatic carbocycles. The number of rotatable bonds is 6. The molecule has 0 saturated heterocycles. The molecule has 0 heterocycles. The summed E-state index contributed by atoms with van der Waals surface area (Å²) in [5.74, 6) is 0.0788. The van der Waals surface area contributed by atoms with Crippen molar-refractivity contribution in [3.8, 4) is 0 Å². The van der Waals surface area contributed by atoms with Gasteiger partial charge in [0.1, 0.15) is 0 Å². The highest BCUT2D eigenvalue weighted by atomic mass is 35.5. The minimum atomic E-state index is -0.368. The smallest absolute Gasteiger partial charge is 0.230 e. The molecule has 0 radical (unpaired) electrons. The lowest BCUT2D eigenvalue weighted by Gasteiger charge is -2.21. The molecule has 0 aliphatic heterocycles. The summed E-state index contributed by atoms with van der Waals surface area (Å²) in [6.07, 6.45) is 3.22. The average Bonchev–Trinajstić information content (AvgIpc) is 3.20. The van der Waals surface area contributed by atoms with Gasteiger partial charge in [0.25, 0.3) is 0 Å². The predicted octanol–water partition coefficient (Wildman–Crippen LogP) is 2.65. The van der Waals surface area contributed by atoms with Crippen molar-refractivity contribution >= 4 is 17.5 Å². The minimum absolute atomic E-state index is 0.0577. The Morgan fingerprint density at radius 3 is 2.53 bits per heavy atom. The summed E-state index contributed by atoms with van der Waals surface area (Å²) in [6, 6.07) is 7.58. The van der Waals surface area contributed by atoms with E-state index in [0.717, 1.165) is 24.8 Å². The molecule has 104 valence electrons. The second-order valence-electron chi connectivity index (χ2n) is 5.18. The van der Waals surface area contributed by atoms with Crippen LogP contribution in [0.1, 0.15) is 38.2 Å². The van der Waals surface area contributed by atoms with E-state index < -0.39 is 0 Å². The first-order chi connectivity index (χ1) is 9.12. The molecule has 1 fully saturated rings. The fourth-order valence-electron chi connectivity index (χ4n) is 2.40. The zero-order valence-electron chi connectivity index (χ0n) is 11.2. The highest BCUT2D eigenvalue weighted by Gasteiger charge is 2.51. The van der Waals surface area contributed by atoms with Crippen molar-refractivity contribution in [2.45, 2.75) is 44.1 Å². The van der Waals surface area contributed by atoms with Crippen LogP contribution < -0.4 is 5.32 Å². The van der Waals surface area contributed by atoms with E-state index in [4.69, 9.17) is 16.7 Å². The number of aliphatic hydroxyl groups is 1. The molecule has 0 aromatic heterocycles. The summed E-state index contributed by atoms with van der Waals surface area (Å²) in [5.41, 5.74) is 0.668. The Morgan fingerprint density at radius 2 is 2.05 bits per heavy atom. The van der Waals surface area contributed by atoms with E-state index in [2.05, 4.69) is 5.32 Å². The van der Waals surface area contributed by atoms with Crippen molar-refractivity contribution in [3.05, 3.63) is 34.9 Å². The fraction of sp³-hybridized carbons (Fsp3) is 0.533. The molecule has 1 atom stereocenters. The Labute approximate surface area is 119 Å². The highest BCUT2D eigenvalue weighted by molar-refractivity contribution is 6.30. The van der Waals surface area contributed by atoms with Gasteiger partial charge in [0.15, 0.2) is 0 Å². The Kier molecular flexibility index (Phi) is 4.48. The number of benzene rings is 1. The van der Waals surface area contributed by atoms with Crippen LogP contribution in [0, 0.1) is 0 Å². The maximum Gasteiger partial charge on any atom is 0.230 e. The predicted molar refractivity (Wildman–Crippen MR) is 76.3 cm³/mol. The highest BCUT2D eigenvalue weighted by Crippen LogP contribution is 2.48. The average molecular weight is 282 g/mol. The van der Waals surface area contributed by atoms with Gasteiger partial charge in [-0.3, -0.25) is 4.79 Å². The first-order valence-corrected chi connectivity index (χ1v) is 7.18.